The van der Waals surface area contributed by atoms with E-state index in [0.29, 0.717) is 5.69 Å². The third-order valence-electron chi connectivity index (χ3n) is 5.10. The summed E-state index contributed by atoms with van der Waals surface area (Å²) in [6.45, 7) is 1.86. The molecule has 1 aliphatic heterocycles. The molecular formula is C23H19N3O5S. The van der Waals surface area contributed by atoms with Crippen molar-refractivity contribution in [2.75, 3.05) is 17.1 Å². The summed E-state index contributed by atoms with van der Waals surface area (Å²) in [6.07, 6.45) is 0. The second kappa shape index (κ2) is 7.93. The van der Waals surface area contributed by atoms with Gasteiger partial charge in [-0.3, -0.25) is 24.0 Å². The number of hydrogen-bond donors (Lipinski definition) is 2. The standard InChI is InChI=1S/C23H19N3O5S/c1-14-6-12-17(13-7-14)32(30,31)25-16-10-8-15(9-11-16)21(27)24-19-5-3-4-18-20(19)23(29)26(2)22(18)28/h3-13,25H,1-2H3,(H,24,27). The normalized spacial score (nSPS) is 13.1. The van der Waals surface area contributed by atoms with E-state index in [1.54, 1.807) is 24.3 Å². The van der Waals surface area contributed by atoms with Crippen molar-refractivity contribution in [3.05, 3.63) is 89.0 Å². The van der Waals surface area contributed by atoms with E-state index in [2.05, 4.69) is 10.0 Å². The Bertz CT molecular complexity index is 1350. The molecule has 0 saturated carbocycles. The molecule has 2 N–H and O–H groups in total. The van der Waals surface area contributed by atoms with Crippen LogP contribution in [0.1, 0.15) is 36.6 Å². The van der Waals surface area contributed by atoms with E-state index >= 15 is 0 Å². The summed E-state index contributed by atoms with van der Waals surface area (Å²) in [6, 6.07) is 17.0. The Morgan fingerprint density at radius 3 is 2.19 bits per heavy atom. The quantitative estimate of drug-likeness (QED) is 0.581. The zero-order valence-corrected chi connectivity index (χ0v) is 18.1. The first-order valence-electron chi connectivity index (χ1n) is 9.64. The predicted molar refractivity (Wildman–Crippen MR) is 119 cm³/mol. The Morgan fingerprint density at radius 2 is 1.53 bits per heavy atom. The van der Waals surface area contributed by atoms with Crippen molar-refractivity contribution < 1.29 is 22.8 Å². The Hall–Kier alpha value is -3.98. The maximum absolute atomic E-state index is 12.7. The van der Waals surface area contributed by atoms with Gasteiger partial charge in [-0.2, -0.15) is 0 Å². The lowest BCUT2D eigenvalue weighted by molar-refractivity contribution is 0.0693. The molecule has 0 saturated heterocycles. The Morgan fingerprint density at radius 1 is 0.875 bits per heavy atom. The van der Waals surface area contributed by atoms with Crippen molar-refractivity contribution in [3.63, 3.8) is 0 Å². The molecule has 0 aromatic heterocycles. The van der Waals surface area contributed by atoms with E-state index in [1.807, 2.05) is 6.92 Å². The fraction of sp³-hybridized carbons (Fsp3) is 0.0870. The van der Waals surface area contributed by atoms with Gasteiger partial charge < -0.3 is 5.32 Å². The van der Waals surface area contributed by atoms with Gasteiger partial charge in [-0.25, -0.2) is 8.42 Å². The van der Waals surface area contributed by atoms with Crippen LogP contribution >= 0.6 is 0 Å². The highest BCUT2D eigenvalue weighted by Crippen LogP contribution is 2.29. The summed E-state index contributed by atoms with van der Waals surface area (Å²) in [7, 11) is -2.38. The zero-order chi connectivity index (χ0) is 23.0. The number of hydrogen-bond acceptors (Lipinski definition) is 5. The minimum atomic E-state index is -3.76. The third kappa shape index (κ3) is 3.85. The second-order valence-corrected chi connectivity index (χ2v) is 9.03. The number of imide groups is 1. The lowest BCUT2D eigenvalue weighted by Crippen LogP contribution is -2.24. The molecule has 0 radical (unpaired) electrons. The number of rotatable bonds is 5. The van der Waals surface area contributed by atoms with Crippen LogP contribution in [-0.4, -0.2) is 38.1 Å². The number of fused-ring (bicyclic) bond motifs is 1. The van der Waals surface area contributed by atoms with Crippen molar-refractivity contribution >= 4 is 39.1 Å². The molecule has 4 rings (SSSR count). The van der Waals surface area contributed by atoms with E-state index in [4.69, 9.17) is 0 Å². The van der Waals surface area contributed by atoms with Gasteiger partial charge in [0.25, 0.3) is 27.7 Å². The molecule has 0 unspecified atom stereocenters. The second-order valence-electron chi connectivity index (χ2n) is 7.35. The molecule has 3 aromatic rings. The van der Waals surface area contributed by atoms with E-state index in [-0.39, 0.29) is 27.3 Å². The summed E-state index contributed by atoms with van der Waals surface area (Å²) < 4.78 is 27.5. The lowest BCUT2D eigenvalue weighted by Gasteiger charge is -2.11. The van der Waals surface area contributed by atoms with Crippen LogP contribution in [0, 0.1) is 6.92 Å². The van der Waals surface area contributed by atoms with Gasteiger partial charge >= 0.3 is 0 Å². The summed E-state index contributed by atoms with van der Waals surface area (Å²) >= 11 is 0. The molecule has 0 aliphatic carbocycles. The predicted octanol–water partition coefficient (Wildman–Crippen LogP) is 3.27. The summed E-state index contributed by atoms with van der Waals surface area (Å²) in [4.78, 5) is 38.3. The van der Waals surface area contributed by atoms with Crippen LogP contribution in [0.2, 0.25) is 0 Å². The molecule has 162 valence electrons. The van der Waals surface area contributed by atoms with Crippen LogP contribution in [-0.2, 0) is 10.0 Å². The summed E-state index contributed by atoms with van der Waals surface area (Å²) in [5.41, 5.74) is 2.11. The van der Waals surface area contributed by atoms with E-state index < -0.39 is 27.7 Å². The average molecular weight is 449 g/mol. The molecule has 3 amide bonds. The molecule has 1 heterocycles. The lowest BCUT2D eigenvalue weighted by atomic mass is 10.1. The Kier molecular flexibility index (Phi) is 5.27. The maximum atomic E-state index is 12.7. The number of nitrogens with one attached hydrogen (secondary N) is 2. The van der Waals surface area contributed by atoms with Crippen molar-refractivity contribution in [2.45, 2.75) is 11.8 Å². The Balaban J connectivity index is 1.51. The van der Waals surface area contributed by atoms with Crippen LogP contribution in [0.4, 0.5) is 11.4 Å². The monoisotopic (exact) mass is 449 g/mol. The first-order valence-corrected chi connectivity index (χ1v) is 11.1. The van der Waals surface area contributed by atoms with Crippen LogP contribution in [0.3, 0.4) is 0 Å². The minimum Gasteiger partial charge on any atom is -0.321 e. The number of sulfonamides is 1. The number of carbonyl (C=O) groups excluding carboxylic acids is 3. The molecular weight excluding hydrogens is 430 g/mol. The van der Waals surface area contributed by atoms with Gasteiger partial charge in [0.15, 0.2) is 0 Å². The number of aryl methyl sites for hydroxylation is 1. The van der Waals surface area contributed by atoms with E-state index in [0.717, 1.165) is 10.5 Å². The largest absolute Gasteiger partial charge is 0.321 e. The maximum Gasteiger partial charge on any atom is 0.263 e. The Labute approximate surface area is 184 Å². The van der Waals surface area contributed by atoms with E-state index in [9.17, 15) is 22.8 Å². The molecule has 0 spiro atoms. The zero-order valence-electron chi connectivity index (χ0n) is 17.2. The molecule has 3 aromatic carbocycles. The summed E-state index contributed by atoms with van der Waals surface area (Å²) in [5, 5.41) is 2.65. The first kappa shape index (κ1) is 21.3. The van der Waals surface area contributed by atoms with Crippen LogP contribution in [0.25, 0.3) is 0 Å². The van der Waals surface area contributed by atoms with Crippen molar-refractivity contribution in [1.82, 2.24) is 4.90 Å². The number of benzene rings is 3. The van der Waals surface area contributed by atoms with Crippen LogP contribution in [0.15, 0.2) is 71.6 Å². The minimum absolute atomic E-state index is 0.132. The van der Waals surface area contributed by atoms with Gasteiger partial charge in [0.05, 0.1) is 21.7 Å². The van der Waals surface area contributed by atoms with Gasteiger partial charge in [0.2, 0.25) is 0 Å². The number of anilines is 2. The van der Waals surface area contributed by atoms with Crippen molar-refractivity contribution in [3.8, 4) is 0 Å². The fourth-order valence-electron chi connectivity index (χ4n) is 3.32. The summed E-state index contributed by atoms with van der Waals surface area (Å²) in [5.74, 6) is -1.41. The number of amides is 3. The topological polar surface area (TPSA) is 113 Å². The highest BCUT2D eigenvalue weighted by Gasteiger charge is 2.35. The molecule has 32 heavy (non-hydrogen) atoms. The number of nitrogens with zero attached hydrogens (tertiary/aromatic N) is 1. The van der Waals surface area contributed by atoms with Crippen LogP contribution in [0.5, 0.6) is 0 Å². The van der Waals surface area contributed by atoms with Gasteiger partial charge in [-0.05, 0) is 55.5 Å². The fourth-order valence-corrected chi connectivity index (χ4v) is 4.38. The van der Waals surface area contributed by atoms with Gasteiger partial charge in [-0.1, -0.05) is 23.8 Å². The molecule has 1 aliphatic rings. The van der Waals surface area contributed by atoms with Crippen molar-refractivity contribution in [2.24, 2.45) is 0 Å². The SMILES string of the molecule is Cc1ccc(S(=O)(=O)Nc2ccc(C(=O)Nc3cccc4c3C(=O)N(C)C4=O)cc2)cc1. The highest BCUT2D eigenvalue weighted by molar-refractivity contribution is 7.92. The number of carbonyl (C=O) groups is 3. The van der Waals surface area contributed by atoms with E-state index in [1.165, 1.54) is 49.5 Å². The van der Waals surface area contributed by atoms with Gasteiger partial charge in [-0.15, -0.1) is 0 Å². The van der Waals surface area contributed by atoms with Crippen molar-refractivity contribution in [1.29, 1.82) is 0 Å². The molecule has 8 nitrogen and oxygen atoms in total. The van der Waals surface area contributed by atoms with Crippen LogP contribution < -0.4 is 10.0 Å². The highest BCUT2D eigenvalue weighted by atomic mass is 32.2. The average Bonchev–Trinajstić information content (AvgIpc) is 2.99. The van der Waals surface area contributed by atoms with Gasteiger partial charge in [0, 0.05) is 18.3 Å². The first-order chi connectivity index (χ1) is 15.2. The van der Waals surface area contributed by atoms with Gasteiger partial charge in [0.1, 0.15) is 0 Å². The molecule has 0 atom stereocenters. The molecule has 9 heteroatoms. The molecule has 0 bridgehead atoms. The smallest absolute Gasteiger partial charge is 0.263 e. The molecule has 0 fully saturated rings. The third-order valence-corrected chi connectivity index (χ3v) is 6.49.